The molecule has 1 unspecified atom stereocenters. The lowest BCUT2D eigenvalue weighted by atomic mass is 9.87. The first-order valence-electron chi connectivity index (χ1n) is 6.49. The van der Waals surface area contributed by atoms with Crippen LogP contribution in [0.25, 0.3) is 0 Å². The van der Waals surface area contributed by atoms with Gasteiger partial charge in [-0.1, -0.05) is 20.3 Å². The van der Waals surface area contributed by atoms with E-state index < -0.39 is 0 Å². The standard InChI is InChI=1S/C13H25NS/c1-13(2)7-3-4-12(13)14-10-11-5-8-15-9-6-11/h11-12,14H,3-10H2,1-2H3. The van der Waals surface area contributed by atoms with E-state index in [9.17, 15) is 0 Å². The summed E-state index contributed by atoms with van der Waals surface area (Å²) in [5, 5.41) is 3.83. The van der Waals surface area contributed by atoms with Gasteiger partial charge < -0.3 is 5.32 Å². The van der Waals surface area contributed by atoms with Gasteiger partial charge in [-0.15, -0.1) is 0 Å². The molecule has 1 saturated heterocycles. The third-order valence-corrected chi connectivity index (χ3v) is 5.30. The molecule has 1 atom stereocenters. The Bertz CT molecular complexity index is 197. The van der Waals surface area contributed by atoms with Crippen molar-refractivity contribution < 1.29 is 0 Å². The molecule has 88 valence electrons. The monoisotopic (exact) mass is 227 g/mol. The van der Waals surface area contributed by atoms with Gasteiger partial charge in [-0.2, -0.15) is 11.8 Å². The Hall–Kier alpha value is 0.310. The van der Waals surface area contributed by atoms with Gasteiger partial charge in [0.1, 0.15) is 0 Å². The molecule has 0 spiro atoms. The summed E-state index contributed by atoms with van der Waals surface area (Å²) in [5.74, 6) is 3.74. The van der Waals surface area contributed by atoms with Crippen LogP contribution >= 0.6 is 11.8 Å². The summed E-state index contributed by atoms with van der Waals surface area (Å²) in [7, 11) is 0. The van der Waals surface area contributed by atoms with Crippen molar-refractivity contribution >= 4 is 11.8 Å². The lowest BCUT2D eigenvalue weighted by molar-refractivity contribution is 0.268. The quantitative estimate of drug-likeness (QED) is 0.794. The minimum atomic E-state index is 0.545. The summed E-state index contributed by atoms with van der Waals surface area (Å²) in [6, 6.07) is 0.784. The molecule has 2 heteroatoms. The van der Waals surface area contributed by atoms with Crippen LogP contribution < -0.4 is 5.32 Å². The number of rotatable bonds is 3. The number of nitrogens with one attached hydrogen (secondary N) is 1. The van der Waals surface area contributed by atoms with Crippen molar-refractivity contribution in [2.75, 3.05) is 18.1 Å². The third-order valence-electron chi connectivity index (χ3n) is 4.25. The second kappa shape index (κ2) is 5.09. The lowest BCUT2D eigenvalue weighted by Gasteiger charge is -2.30. The van der Waals surface area contributed by atoms with E-state index in [1.165, 1.54) is 50.2 Å². The highest BCUT2D eigenvalue weighted by Crippen LogP contribution is 2.37. The van der Waals surface area contributed by atoms with Crippen LogP contribution in [-0.2, 0) is 0 Å². The maximum Gasteiger partial charge on any atom is 0.0118 e. The number of hydrogen-bond donors (Lipinski definition) is 1. The Kier molecular flexibility index (Phi) is 4.00. The minimum Gasteiger partial charge on any atom is -0.313 e. The van der Waals surface area contributed by atoms with Gasteiger partial charge in [-0.3, -0.25) is 0 Å². The highest BCUT2D eigenvalue weighted by Gasteiger charge is 2.34. The topological polar surface area (TPSA) is 12.0 Å². The molecule has 1 aliphatic heterocycles. The van der Waals surface area contributed by atoms with E-state index >= 15 is 0 Å². The van der Waals surface area contributed by atoms with Gasteiger partial charge in [-0.05, 0) is 55.1 Å². The maximum atomic E-state index is 3.83. The smallest absolute Gasteiger partial charge is 0.0118 e. The van der Waals surface area contributed by atoms with E-state index in [-0.39, 0.29) is 0 Å². The van der Waals surface area contributed by atoms with Crippen LogP contribution in [0.15, 0.2) is 0 Å². The number of hydrogen-bond acceptors (Lipinski definition) is 2. The van der Waals surface area contributed by atoms with Crippen LogP contribution in [0.4, 0.5) is 0 Å². The van der Waals surface area contributed by atoms with Gasteiger partial charge >= 0.3 is 0 Å². The van der Waals surface area contributed by atoms with Gasteiger partial charge in [-0.25, -0.2) is 0 Å². The lowest BCUT2D eigenvalue weighted by Crippen LogP contribution is -2.40. The fraction of sp³-hybridized carbons (Fsp3) is 1.00. The fourth-order valence-electron chi connectivity index (χ4n) is 2.96. The normalized spacial score (nSPS) is 32.0. The molecule has 0 bridgehead atoms. The predicted octanol–water partition coefficient (Wildman–Crippen LogP) is 3.30. The summed E-state index contributed by atoms with van der Waals surface area (Å²) in [6.45, 7) is 6.12. The first-order valence-corrected chi connectivity index (χ1v) is 7.65. The Labute approximate surface area is 98.8 Å². The molecule has 0 amide bonds. The van der Waals surface area contributed by atoms with E-state index in [2.05, 4.69) is 30.9 Å². The van der Waals surface area contributed by atoms with E-state index in [4.69, 9.17) is 0 Å². The molecule has 15 heavy (non-hydrogen) atoms. The summed E-state index contributed by atoms with van der Waals surface area (Å²) in [6.07, 6.45) is 7.10. The molecule has 0 aromatic heterocycles. The Morgan fingerprint density at radius 3 is 2.53 bits per heavy atom. The van der Waals surface area contributed by atoms with E-state index in [0.29, 0.717) is 5.41 Å². The van der Waals surface area contributed by atoms with Crippen molar-refractivity contribution in [1.82, 2.24) is 5.32 Å². The van der Waals surface area contributed by atoms with E-state index in [0.717, 1.165) is 12.0 Å². The second-order valence-corrected chi connectivity index (χ2v) is 7.12. The van der Waals surface area contributed by atoms with Crippen LogP contribution in [0.1, 0.15) is 46.0 Å². The van der Waals surface area contributed by atoms with Crippen molar-refractivity contribution in [2.24, 2.45) is 11.3 Å². The van der Waals surface area contributed by atoms with Crippen molar-refractivity contribution in [3.63, 3.8) is 0 Å². The summed E-state index contributed by atoms with van der Waals surface area (Å²) in [4.78, 5) is 0. The van der Waals surface area contributed by atoms with Crippen molar-refractivity contribution in [2.45, 2.75) is 52.0 Å². The highest BCUT2D eigenvalue weighted by molar-refractivity contribution is 7.99. The molecule has 1 saturated carbocycles. The van der Waals surface area contributed by atoms with Gasteiger partial charge in [0, 0.05) is 6.04 Å². The fourth-order valence-corrected chi connectivity index (χ4v) is 4.17. The van der Waals surface area contributed by atoms with Gasteiger partial charge in [0.15, 0.2) is 0 Å². The zero-order chi connectivity index (χ0) is 10.7. The van der Waals surface area contributed by atoms with E-state index in [1.54, 1.807) is 0 Å². The van der Waals surface area contributed by atoms with E-state index in [1.807, 2.05) is 0 Å². The first kappa shape index (κ1) is 11.8. The maximum absolute atomic E-state index is 3.83. The van der Waals surface area contributed by atoms with Crippen LogP contribution in [-0.4, -0.2) is 24.1 Å². The Balaban J connectivity index is 1.72. The molecule has 2 aliphatic rings. The van der Waals surface area contributed by atoms with Gasteiger partial charge in [0.25, 0.3) is 0 Å². The Morgan fingerprint density at radius 2 is 1.93 bits per heavy atom. The van der Waals surface area contributed by atoms with Gasteiger partial charge in [0.05, 0.1) is 0 Å². The Morgan fingerprint density at radius 1 is 1.20 bits per heavy atom. The molecular weight excluding hydrogens is 202 g/mol. The van der Waals surface area contributed by atoms with Crippen molar-refractivity contribution in [3.8, 4) is 0 Å². The number of thioether (sulfide) groups is 1. The minimum absolute atomic E-state index is 0.545. The largest absolute Gasteiger partial charge is 0.313 e. The van der Waals surface area contributed by atoms with Gasteiger partial charge in [0.2, 0.25) is 0 Å². The zero-order valence-electron chi connectivity index (χ0n) is 10.2. The first-order chi connectivity index (χ1) is 7.18. The third kappa shape index (κ3) is 3.13. The van der Waals surface area contributed by atoms with Crippen LogP contribution in [0, 0.1) is 11.3 Å². The molecule has 2 rings (SSSR count). The highest BCUT2D eigenvalue weighted by atomic mass is 32.2. The molecule has 1 N–H and O–H groups in total. The predicted molar refractivity (Wildman–Crippen MR) is 69.5 cm³/mol. The summed E-state index contributed by atoms with van der Waals surface area (Å²) in [5.41, 5.74) is 0.545. The van der Waals surface area contributed by atoms with Crippen LogP contribution in [0.2, 0.25) is 0 Å². The molecule has 0 aromatic carbocycles. The average molecular weight is 227 g/mol. The van der Waals surface area contributed by atoms with Crippen molar-refractivity contribution in [1.29, 1.82) is 0 Å². The molecule has 1 nitrogen and oxygen atoms in total. The zero-order valence-corrected chi connectivity index (χ0v) is 11.0. The molecule has 0 aromatic rings. The van der Waals surface area contributed by atoms with Crippen LogP contribution in [0.3, 0.4) is 0 Å². The SMILES string of the molecule is CC1(C)CCCC1NCC1CCSCC1. The molecule has 0 radical (unpaired) electrons. The molecular formula is C13H25NS. The summed E-state index contributed by atoms with van der Waals surface area (Å²) < 4.78 is 0. The van der Waals surface area contributed by atoms with Crippen molar-refractivity contribution in [3.05, 3.63) is 0 Å². The van der Waals surface area contributed by atoms with Crippen LogP contribution in [0.5, 0.6) is 0 Å². The molecule has 1 aliphatic carbocycles. The molecule has 2 fully saturated rings. The summed E-state index contributed by atoms with van der Waals surface area (Å²) >= 11 is 2.13. The average Bonchev–Trinajstić information content (AvgIpc) is 2.56. The molecule has 1 heterocycles. The second-order valence-electron chi connectivity index (χ2n) is 5.90.